The minimum absolute atomic E-state index is 0.0902. The number of hydrogen-bond donors (Lipinski definition) is 1. The summed E-state index contributed by atoms with van der Waals surface area (Å²) in [6.45, 7) is 3.40. The SMILES string of the molecule is CC(CCC(=O)NC1CCN(c2ccncc2)CC1)S(=O)(=O)c1ccc2cc(Cl)ccc2c1. The number of pyridine rings is 1. The Hall–Kier alpha value is -2.64. The molecular weight excluding hydrogens is 458 g/mol. The Balaban J connectivity index is 1.29. The van der Waals surface area contributed by atoms with Crippen LogP contribution in [-0.4, -0.2) is 43.7 Å². The summed E-state index contributed by atoms with van der Waals surface area (Å²) in [7, 11) is -3.53. The molecule has 4 rings (SSSR count). The Morgan fingerprint density at radius 3 is 2.48 bits per heavy atom. The predicted octanol–water partition coefficient (Wildman–Crippen LogP) is 4.62. The molecular formula is C25H28ClN3O3S. The van der Waals surface area contributed by atoms with Crippen LogP contribution in [0.5, 0.6) is 0 Å². The average molecular weight is 486 g/mol. The number of nitrogens with zero attached hydrogens (tertiary/aromatic N) is 2. The van der Waals surface area contributed by atoms with Crippen LogP contribution in [0.3, 0.4) is 0 Å². The number of nitrogens with one attached hydrogen (secondary N) is 1. The largest absolute Gasteiger partial charge is 0.371 e. The van der Waals surface area contributed by atoms with Gasteiger partial charge in [-0.05, 0) is 73.4 Å². The van der Waals surface area contributed by atoms with Gasteiger partial charge in [-0.1, -0.05) is 23.7 Å². The maximum atomic E-state index is 13.0. The lowest BCUT2D eigenvalue weighted by Crippen LogP contribution is -2.44. The van der Waals surface area contributed by atoms with Crippen LogP contribution in [0.4, 0.5) is 5.69 Å². The molecule has 0 spiro atoms. The fourth-order valence-corrected chi connectivity index (χ4v) is 5.85. The van der Waals surface area contributed by atoms with Crippen LogP contribution in [-0.2, 0) is 14.6 Å². The van der Waals surface area contributed by atoms with Crippen molar-refractivity contribution in [3.05, 3.63) is 65.9 Å². The van der Waals surface area contributed by atoms with Gasteiger partial charge in [0.25, 0.3) is 0 Å². The second-order valence-electron chi connectivity index (χ2n) is 8.58. The standard InChI is InChI=1S/C25H28ClN3O3S/c1-18(33(31,32)24-6-4-19-16-21(26)5-3-20(19)17-24)2-7-25(30)28-22-10-14-29(15-11-22)23-8-12-27-13-9-23/h3-6,8-9,12-13,16-18,22H,2,7,10-11,14-15H2,1H3,(H,28,30). The lowest BCUT2D eigenvalue weighted by Gasteiger charge is -2.34. The van der Waals surface area contributed by atoms with E-state index in [2.05, 4.69) is 15.2 Å². The third-order valence-electron chi connectivity index (χ3n) is 6.30. The van der Waals surface area contributed by atoms with Crippen LogP contribution >= 0.6 is 11.6 Å². The zero-order chi connectivity index (χ0) is 23.4. The molecule has 2 aromatic carbocycles. The molecule has 1 N–H and O–H groups in total. The topological polar surface area (TPSA) is 79.4 Å². The molecule has 1 amide bonds. The molecule has 1 aliphatic heterocycles. The van der Waals surface area contributed by atoms with Gasteiger partial charge >= 0.3 is 0 Å². The summed E-state index contributed by atoms with van der Waals surface area (Å²) >= 11 is 6.01. The summed E-state index contributed by atoms with van der Waals surface area (Å²) in [5, 5.41) is 4.76. The summed E-state index contributed by atoms with van der Waals surface area (Å²) in [4.78, 5) is 19.1. The number of carbonyl (C=O) groups is 1. The lowest BCUT2D eigenvalue weighted by molar-refractivity contribution is -0.122. The normalized spacial score (nSPS) is 16.0. The number of carbonyl (C=O) groups excluding carboxylic acids is 1. The maximum Gasteiger partial charge on any atom is 0.220 e. The Morgan fingerprint density at radius 1 is 1.09 bits per heavy atom. The number of hydrogen-bond acceptors (Lipinski definition) is 5. The molecule has 8 heteroatoms. The van der Waals surface area contributed by atoms with Crippen molar-refractivity contribution in [3.63, 3.8) is 0 Å². The van der Waals surface area contributed by atoms with Gasteiger partial charge in [-0.3, -0.25) is 9.78 Å². The number of amides is 1. The van der Waals surface area contributed by atoms with E-state index in [1.54, 1.807) is 43.6 Å². The monoisotopic (exact) mass is 485 g/mol. The van der Waals surface area contributed by atoms with Crippen LogP contribution in [0.25, 0.3) is 10.8 Å². The molecule has 0 radical (unpaired) electrons. The van der Waals surface area contributed by atoms with Gasteiger partial charge in [0, 0.05) is 48.7 Å². The molecule has 174 valence electrons. The smallest absolute Gasteiger partial charge is 0.220 e. The summed E-state index contributed by atoms with van der Waals surface area (Å²) < 4.78 is 26.1. The Morgan fingerprint density at radius 2 is 1.76 bits per heavy atom. The van der Waals surface area contributed by atoms with E-state index < -0.39 is 15.1 Å². The molecule has 1 aromatic heterocycles. The highest BCUT2D eigenvalue weighted by Gasteiger charge is 2.25. The van der Waals surface area contributed by atoms with Crippen LogP contribution in [0.1, 0.15) is 32.6 Å². The minimum atomic E-state index is -3.53. The summed E-state index contributed by atoms with van der Waals surface area (Å²) in [5.41, 5.74) is 1.14. The van der Waals surface area contributed by atoms with Gasteiger partial charge in [0.1, 0.15) is 0 Å². The van der Waals surface area contributed by atoms with Gasteiger partial charge in [0.2, 0.25) is 5.91 Å². The highest BCUT2D eigenvalue weighted by Crippen LogP contribution is 2.26. The third-order valence-corrected chi connectivity index (χ3v) is 8.74. The number of benzene rings is 2. The zero-order valence-electron chi connectivity index (χ0n) is 18.6. The van der Waals surface area contributed by atoms with Gasteiger partial charge in [0.15, 0.2) is 9.84 Å². The molecule has 6 nitrogen and oxygen atoms in total. The van der Waals surface area contributed by atoms with E-state index in [0.717, 1.165) is 42.4 Å². The Kier molecular flexibility index (Phi) is 7.20. The summed E-state index contributed by atoms with van der Waals surface area (Å²) in [6, 6.07) is 14.5. The first kappa shape index (κ1) is 23.5. The first-order valence-corrected chi connectivity index (χ1v) is 13.1. The Labute approximate surface area is 199 Å². The number of rotatable bonds is 7. The summed E-state index contributed by atoms with van der Waals surface area (Å²) in [6.07, 6.45) is 5.76. The Bertz CT molecular complexity index is 1230. The molecule has 3 aromatic rings. The molecule has 1 unspecified atom stereocenters. The number of sulfone groups is 1. The predicted molar refractivity (Wildman–Crippen MR) is 132 cm³/mol. The van der Waals surface area contributed by atoms with Gasteiger partial charge < -0.3 is 10.2 Å². The van der Waals surface area contributed by atoms with E-state index in [9.17, 15) is 13.2 Å². The molecule has 1 atom stereocenters. The molecule has 2 heterocycles. The minimum Gasteiger partial charge on any atom is -0.371 e. The maximum absolute atomic E-state index is 13.0. The molecule has 1 saturated heterocycles. The van der Waals surface area contributed by atoms with Crippen molar-refractivity contribution in [2.75, 3.05) is 18.0 Å². The molecule has 0 bridgehead atoms. The van der Waals surface area contributed by atoms with Crippen LogP contribution < -0.4 is 10.2 Å². The van der Waals surface area contributed by atoms with E-state index in [4.69, 9.17) is 11.6 Å². The first-order chi connectivity index (χ1) is 15.8. The molecule has 1 aliphatic rings. The van der Waals surface area contributed by atoms with Crippen molar-refractivity contribution in [3.8, 4) is 0 Å². The van der Waals surface area contributed by atoms with E-state index in [1.807, 2.05) is 24.3 Å². The third kappa shape index (κ3) is 5.65. The fourth-order valence-electron chi connectivity index (χ4n) is 4.23. The second kappa shape index (κ2) is 10.1. The van der Waals surface area contributed by atoms with Crippen LogP contribution in [0.15, 0.2) is 65.8 Å². The van der Waals surface area contributed by atoms with Crippen molar-refractivity contribution >= 4 is 43.8 Å². The van der Waals surface area contributed by atoms with Crippen LogP contribution in [0, 0.1) is 0 Å². The fraction of sp³-hybridized carbons (Fsp3) is 0.360. The van der Waals surface area contributed by atoms with Crippen molar-refractivity contribution in [2.45, 2.75) is 48.8 Å². The quantitative estimate of drug-likeness (QED) is 0.528. The number of halogens is 1. The van der Waals surface area contributed by atoms with E-state index in [1.165, 1.54) is 0 Å². The van der Waals surface area contributed by atoms with E-state index in [-0.39, 0.29) is 29.7 Å². The van der Waals surface area contributed by atoms with Crippen molar-refractivity contribution < 1.29 is 13.2 Å². The lowest BCUT2D eigenvalue weighted by atomic mass is 10.0. The van der Waals surface area contributed by atoms with E-state index >= 15 is 0 Å². The number of aromatic nitrogens is 1. The zero-order valence-corrected chi connectivity index (χ0v) is 20.1. The number of fused-ring (bicyclic) bond motifs is 1. The van der Waals surface area contributed by atoms with Gasteiger partial charge in [0.05, 0.1) is 10.1 Å². The van der Waals surface area contributed by atoms with Crippen molar-refractivity contribution in [1.29, 1.82) is 0 Å². The van der Waals surface area contributed by atoms with Gasteiger partial charge in [-0.25, -0.2) is 8.42 Å². The highest BCUT2D eigenvalue weighted by atomic mass is 35.5. The molecule has 33 heavy (non-hydrogen) atoms. The van der Waals surface area contributed by atoms with Crippen molar-refractivity contribution in [1.82, 2.24) is 10.3 Å². The van der Waals surface area contributed by atoms with Crippen LogP contribution in [0.2, 0.25) is 5.02 Å². The van der Waals surface area contributed by atoms with Gasteiger partial charge in [-0.15, -0.1) is 0 Å². The van der Waals surface area contributed by atoms with Gasteiger partial charge in [-0.2, -0.15) is 0 Å². The number of anilines is 1. The highest BCUT2D eigenvalue weighted by molar-refractivity contribution is 7.92. The molecule has 0 saturated carbocycles. The van der Waals surface area contributed by atoms with Crippen molar-refractivity contribution in [2.24, 2.45) is 0 Å². The first-order valence-electron chi connectivity index (χ1n) is 11.2. The summed E-state index contributed by atoms with van der Waals surface area (Å²) in [5.74, 6) is -0.0902. The average Bonchev–Trinajstić information content (AvgIpc) is 2.83. The number of piperidine rings is 1. The van der Waals surface area contributed by atoms with E-state index in [0.29, 0.717) is 5.02 Å². The molecule has 1 fully saturated rings. The molecule has 0 aliphatic carbocycles. The second-order valence-corrected chi connectivity index (χ2v) is 11.4.